The van der Waals surface area contributed by atoms with Crippen molar-refractivity contribution in [3.8, 4) is 0 Å². The van der Waals surface area contributed by atoms with Crippen molar-refractivity contribution in [2.24, 2.45) is 5.10 Å². The molecule has 15 heavy (non-hydrogen) atoms. The Morgan fingerprint density at radius 3 is 2.67 bits per heavy atom. The molecule has 6 nitrogen and oxygen atoms in total. The normalized spacial score (nSPS) is 15.7. The number of aromatic nitrogens is 2. The molecule has 1 aromatic heterocycles. The number of hydrogen-bond acceptors (Lipinski definition) is 5. The van der Waals surface area contributed by atoms with E-state index in [0.29, 0.717) is 17.9 Å². The van der Waals surface area contributed by atoms with Crippen LogP contribution in [0.2, 0.25) is 0 Å². The van der Waals surface area contributed by atoms with Crippen molar-refractivity contribution in [1.82, 2.24) is 9.97 Å². The van der Waals surface area contributed by atoms with Gasteiger partial charge in [-0.1, -0.05) is 0 Å². The van der Waals surface area contributed by atoms with E-state index in [1.54, 1.807) is 19.9 Å². The van der Waals surface area contributed by atoms with Gasteiger partial charge >= 0.3 is 0 Å². The Labute approximate surface area is 86.8 Å². The lowest BCUT2D eigenvalue weighted by Gasteiger charge is -2.10. The van der Waals surface area contributed by atoms with Gasteiger partial charge in [-0.2, -0.15) is 15.1 Å². The average molecular weight is 205 g/mol. The van der Waals surface area contributed by atoms with Gasteiger partial charge in [-0.25, -0.2) is 4.98 Å². The van der Waals surface area contributed by atoms with Gasteiger partial charge in [0.05, 0.1) is 6.42 Å². The van der Waals surface area contributed by atoms with Crippen molar-refractivity contribution in [2.45, 2.75) is 20.3 Å². The zero-order valence-electron chi connectivity index (χ0n) is 8.56. The summed E-state index contributed by atoms with van der Waals surface area (Å²) in [6.07, 6.45) is 0.336. The molecule has 0 saturated heterocycles. The molecule has 0 aliphatic carbocycles. The molecule has 0 aromatic carbocycles. The summed E-state index contributed by atoms with van der Waals surface area (Å²) in [6.45, 7) is 3.59. The van der Waals surface area contributed by atoms with Crippen LogP contribution in [0, 0.1) is 6.92 Å². The van der Waals surface area contributed by atoms with E-state index in [1.165, 1.54) is 5.01 Å². The molecule has 0 spiro atoms. The molecule has 2 heterocycles. The van der Waals surface area contributed by atoms with E-state index in [2.05, 4.69) is 15.1 Å². The molecule has 2 N–H and O–H groups in total. The lowest BCUT2D eigenvalue weighted by Crippen LogP contribution is -2.21. The summed E-state index contributed by atoms with van der Waals surface area (Å²) in [5, 5.41) is 5.34. The molecule has 0 saturated carbocycles. The second-order valence-corrected chi connectivity index (χ2v) is 3.44. The third-order valence-corrected chi connectivity index (χ3v) is 1.99. The molecule has 0 fully saturated rings. The van der Waals surface area contributed by atoms with E-state index in [0.717, 1.165) is 5.71 Å². The van der Waals surface area contributed by atoms with Crippen molar-refractivity contribution in [3.05, 3.63) is 11.8 Å². The summed E-state index contributed by atoms with van der Waals surface area (Å²) < 4.78 is 0. The van der Waals surface area contributed by atoms with Crippen molar-refractivity contribution >= 4 is 23.4 Å². The highest BCUT2D eigenvalue weighted by Gasteiger charge is 2.24. The van der Waals surface area contributed by atoms with Crippen LogP contribution in [0.4, 0.5) is 11.8 Å². The number of hydrogen-bond donors (Lipinski definition) is 1. The summed E-state index contributed by atoms with van der Waals surface area (Å²) in [4.78, 5) is 19.4. The number of amides is 1. The molecule has 0 unspecified atom stereocenters. The van der Waals surface area contributed by atoms with Gasteiger partial charge in [-0.15, -0.1) is 0 Å². The van der Waals surface area contributed by atoms with Crippen LogP contribution in [0.25, 0.3) is 0 Å². The maximum atomic E-state index is 11.5. The lowest BCUT2D eigenvalue weighted by molar-refractivity contribution is -0.116. The number of aryl methyl sites for hydroxylation is 1. The number of carbonyl (C=O) groups excluding carboxylic acids is 1. The number of nitrogens with zero attached hydrogens (tertiary/aromatic N) is 4. The second kappa shape index (κ2) is 3.30. The summed E-state index contributed by atoms with van der Waals surface area (Å²) in [7, 11) is 0. The number of carbonyl (C=O) groups is 1. The molecule has 1 aliphatic heterocycles. The van der Waals surface area contributed by atoms with E-state index >= 15 is 0 Å². The molecule has 6 heteroatoms. The first-order valence-electron chi connectivity index (χ1n) is 4.54. The van der Waals surface area contributed by atoms with Crippen LogP contribution < -0.4 is 10.7 Å². The second-order valence-electron chi connectivity index (χ2n) is 3.44. The average Bonchev–Trinajstić information content (AvgIpc) is 2.43. The van der Waals surface area contributed by atoms with Crippen molar-refractivity contribution in [2.75, 3.05) is 10.7 Å². The number of anilines is 2. The Morgan fingerprint density at radius 1 is 1.40 bits per heavy atom. The Kier molecular flexibility index (Phi) is 2.11. The van der Waals surface area contributed by atoms with Crippen molar-refractivity contribution in [3.63, 3.8) is 0 Å². The van der Waals surface area contributed by atoms with Crippen LogP contribution in [-0.2, 0) is 4.79 Å². The Balaban J connectivity index is 2.41. The first-order valence-corrected chi connectivity index (χ1v) is 4.54. The van der Waals surface area contributed by atoms with E-state index in [1.807, 2.05) is 0 Å². The molecular formula is C9H11N5O. The van der Waals surface area contributed by atoms with Crippen LogP contribution in [0.5, 0.6) is 0 Å². The quantitative estimate of drug-likeness (QED) is 0.722. The summed E-state index contributed by atoms with van der Waals surface area (Å²) in [5.74, 6) is 0.490. The van der Waals surface area contributed by atoms with Crippen LogP contribution in [0.15, 0.2) is 11.2 Å². The first kappa shape index (κ1) is 9.57. The summed E-state index contributed by atoms with van der Waals surface area (Å²) in [6, 6.07) is 1.68. The van der Waals surface area contributed by atoms with Gasteiger partial charge in [-0.05, 0) is 13.8 Å². The fourth-order valence-electron chi connectivity index (χ4n) is 1.42. The molecule has 78 valence electrons. The fraction of sp³-hybridized carbons (Fsp3) is 0.333. The monoisotopic (exact) mass is 205 g/mol. The van der Waals surface area contributed by atoms with Gasteiger partial charge < -0.3 is 5.73 Å². The molecule has 0 atom stereocenters. The standard InChI is InChI=1S/C9H11N5O/c1-5-3-7(12-9(10)11-5)14-8(15)4-6(2)13-14/h3H,4H2,1-2H3,(H2,10,11,12). The fourth-order valence-corrected chi connectivity index (χ4v) is 1.42. The largest absolute Gasteiger partial charge is 0.368 e. The SMILES string of the molecule is CC1=NN(c2cc(C)nc(N)n2)C(=O)C1. The Hall–Kier alpha value is -1.98. The minimum atomic E-state index is -0.0926. The van der Waals surface area contributed by atoms with Crippen LogP contribution in [-0.4, -0.2) is 21.6 Å². The topological polar surface area (TPSA) is 84.5 Å². The zero-order valence-corrected chi connectivity index (χ0v) is 8.56. The molecule has 1 aliphatic rings. The number of rotatable bonds is 1. The minimum Gasteiger partial charge on any atom is -0.368 e. The van der Waals surface area contributed by atoms with Crippen LogP contribution in [0.1, 0.15) is 19.0 Å². The molecule has 2 rings (SSSR count). The van der Waals surface area contributed by atoms with E-state index in [-0.39, 0.29) is 11.9 Å². The smallest absolute Gasteiger partial charge is 0.254 e. The molecule has 0 radical (unpaired) electrons. The highest BCUT2D eigenvalue weighted by Crippen LogP contribution is 2.19. The van der Waals surface area contributed by atoms with Crippen molar-refractivity contribution < 1.29 is 4.79 Å². The van der Waals surface area contributed by atoms with Crippen LogP contribution in [0.3, 0.4) is 0 Å². The van der Waals surface area contributed by atoms with Crippen molar-refractivity contribution in [1.29, 1.82) is 0 Å². The third kappa shape index (κ3) is 1.78. The summed E-state index contributed by atoms with van der Waals surface area (Å²) >= 11 is 0. The Morgan fingerprint density at radius 2 is 2.13 bits per heavy atom. The van der Waals surface area contributed by atoms with Gasteiger partial charge in [0.15, 0.2) is 5.82 Å². The van der Waals surface area contributed by atoms with Gasteiger partial charge in [0.2, 0.25) is 5.95 Å². The maximum Gasteiger partial charge on any atom is 0.254 e. The third-order valence-electron chi connectivity index (χ3n) is 1.99. The predicted molar refractivity (Wildman–Crippen MR) is 56.4 cm³/mol. The van der Waals surface area contributed by atoms with Gasteiger partial charge in [0.25, 0.3) is 5.91 Å². The van der Waals surface area contributed by atoms with Gasteiger partial charge in [-0.3, -0.25) is 4.79 Å². The maximum absolute atomic E-state index is 11.5. The Bertz CT molecular complexity index is 434. The first-order chi connectivity index (χ1) is 7.06. The highest BCUT2D eigenvalue weighted by atomic mass is 16.2. The van der Waals surface area contributed by atoms with E-state index < -0.39 is 0 Å². The number of nitrogen functional groups attached to an aromatic ring is 1. The number of hydrazone groups is 1. The van der Waals surface area contributed by atoms with E-state index in [9.17, 15) is 4.79 Å². The molecule has 1 amide bonds. The molecule has 0 bridgehead atoms. The summed E-state index contributed by atoms with van der Waals surface area (Å²) in [5.41, 5.74) is 6.98. The van der Waals surface area contributed by atoms with Gasteiger partial charge in [0, 0.05) is 17.5 Å². The van der Waals surface area contributed by atoms with Gasteiger partial charge in [0.1, 0.15) is 0 Å². The predicted octanol–water partition coefficient (Wildman–Crippen LogP) is 0.480. The molecule has 1 aromatic rings. The van der Waals surface area contributed by atoms with E-state index in [4.69, 9.17) is 5.73 Å². The minimum absolute atomic E-state index is 0.0926. The highest BCUT2D eigenvalue weighted by molar-refractivity contribution is 6.11. The zero-order chi connectivity index (χ0) is 11.0. The molecular weight excluding hydrogens is 194 g/mol. The van der Waals surface area contributed by atoms with Crippen LogP contribution >= 0.6 is 0 Å². The number of nitrogens with two attached hydrogens (primary N) is 1. The lowest BCUT2D eigenvalue weighted by atomic mass is 10.3.